The number of rotatable bonds is 56. The Hall–Kier alpha value is -2.89. The van der Waals surface area contributed by atoms with Crippen molar-refractivity contribution in [3.63, 3.8) is 0 Å². The highest BCUT2D eigenvalue weighted by Gasteiger charge is 2.19. The van der Waals surface area contributed by atoms with Crippen molar-refractivity contribution in [2.24, 2.45) is 0 Å². The van der Waals surface area contributed by atoms with Gasteiger partial charge in [-0.05, 0) is 83.5 Å². The van der Waals surface area contributed by atoms with Crippen molar-refractivity contribution in [1.29, 1.82) is 0 Å². The van der Waals surface area contributed by atoms with E-state index >= 15 is 0 Å². The lowest BCUT2D eigenvalue weighted by Crippen LogP contribution is -2.30. The summed E-state index contributed by atoms with van der Waals surface area (Å²) in [6.07, 6.45) is 75.0. The first-order chi connectivity index (χ1) is 35.0. The second-order valence-corrected chi connectivity index (χ2v) is 20.6. The fourth-order valence-electron chi connectivity index (χ4n) is 8.90. The van der Waals surface area contributed by atoms with Crippen molar-refractivity contribution in [3.8, 4) is 0 Å². The standard InChI is InChI=1S/C65H116O6/c1-4-7-10-13-16-19-22-25-28-30-32-34-37-40-43-46-49-52-55-58-64(67)70-61-62(60-69-63(66)57-54-51-48-45-42-39-36-27-24-21-18-15-12-9-6-3)71-65(68)59-56-53-50-47-44-41-38-35-33-31-29-26-23-20-17-14-11-8-5-2/h7,10,16,19,25-26,28-29,32,34,62H,4-6,8-9,11-15,17-18,20-24,27,30-31,33,35-61H2,1-3H3/b10-7-,19-16-,28-25-,29-26-,34-32-. The molecule has 0 heterocycles. The molecule has 412 valence electrons. The quantitative estimate of drug-likeness (QED) is 0.0261. The van der Waals surface area contributed by atoms with Gasteiger partial charge in [-0.15, -0.1) is 0 Å². The lowest BCUT2D eigenvalue weighted by atomic mass is 10.0. The molecule has 0 N–H and O–H groups in total. The molecule has 1 unspecified atom stereocenters. The predicted octanol–water partition coefficient (Wildman–Crippen LogP) is 20.8. The van der Waals surface area contributed by atoms with E-state index in [4.69, 9.17) is 14.2 Å². The van der Waals surface area contributed by atoms with E-state index in [1.54, 1.807) is 0 Å². The van der Waals surface area contributed by atoms with Crippen LogP contribution in [0.15, 0.2) is 60.8 Å². The largest absolute Gasteiger partial charge is 0.462 e. The zero-order valence-corrected chi connectivity index (χ0v) is 47.2. The van der Waals surface area contributed by atoms with Gasteiger partial charge in [0.1, 0.15) is 13.2 Å². The summed E-state index contributed by atoms with van der Waals surface area (Å²) < 4.78 is 16.9. The summed E-state index contributed by atoms with van der Waals surface area (Å²) in [6.45, 7) is 6.55. The molecule has 0 aromatic rings. The second-order valence-electron chi connectivity index (χ2n) is 20.6. The van der Waals surface area contributed by atoms with Gasteiger partial charge in [0.15, 0.2) is 6.10 Å². The van der Waals surface area contributed by atoms with E-state index in [2.05, 4.69) is 81.5 Å². The van der Waals surface area contributed by atoms with Crippen molar-refractivity contribution >= 4 is 17.9 Å². The maximum Gasteiger partial charge on any atom is 0.306 e. The summed E-state index contributed by atoms with van der Waals surface area (Å²) >= 11 is 0. The third-order valence-corrected chi connectivity index (χ3v) is 13.5. The van der Waals surface area contributed by atoms with E-state index in [-0.39, 0.29) is 31.1 Å². The van der Waals surface area contributed by atoms with Crippen LogP contribution < -0.4 is 0 Å². The lowest BCUT2D eigenvalue weighted by Gasteiger charge is -2.18. The summed E-state index contributed by atoms with van der Waals surface area (Å²) in [7, 11) is 0. The molecule has 0 aliphatic rings. The molecule has 6 heteroatoms. The topological polar surface area (TPSA) is 78.9 Å². The minimum absolute atomic E-state index is 0.0764. The van der Waals surface area contributed by atoms with E-state index in [0.717, 1.165) is 89.9 Å². The fraction of sp³-hybridized carbons (Fsp3) is 0.800. The number of hydrogen-bond donors (Lipinski definition) is 0. The van der Waals surface area contributed by atoms with E-state index in [9.17, 15) is 14.4 Å². The number of esters is 3. The van der Waals surface area contributed by atoms with Gasteiger partial charge in [0.2, 0.25) is 0 Å². The molecule has 0 aliphatic carbocycles. The zero-order chi connectivity index (χ0) is 51.4. The third-order valence-electron chi connectivity index (χ3n) is 13.5. The van der Waals surface area contributed by atoms with Crippen LogP contribution in [0, 0.1) is 0 Å². The maximum absolute atomic E-state index is 12.9. The number of unbranched alkanes of at least 4 members (excludes halogenated alkanes) is 35. The Balaban J connectivity index is 4.37. The van der Waals surface area contributed by atoms with Crippen molar-refractivity contribution in [3.05, 3.63) is 60.8 Å². The van der Waals surface area contributed by atoms with Crippen LogP contribution in [0.2, 0.25) is 0 Å². The highest BCUT2D eigenvalue weighted by atomic mass is 16.6. The first-order valence-corrected chi connectivity index (χ1v) is 30.8. The maximum atomic E-state index is 12.9. The first kappa shape index (κ1) is 68.1. The van der Waals surface area contributed by atoms with Gasteiger partial charge < -0.3 is 14.2 Å². The Morgan fingerprint density at radius 3 is 0.873 bits per heavy atom. The Morgan fingerprint density at radius 1 is 0.296 bits per heavy atom. The normalized spacial score (nSPS) is 12.4. The predicted molar refractivity (Wildman–Crippen MR) is 307 cm³/mol. The molecule has 0 saturated heterocycles. The van der Waals surface area contributed by atoms with Crippen LogP contribution in [-0.4, -0.2) is 37.2 Å². The lowest BCUT2D eigenvalue weighted by molar-refractivity contribution is -0.167. The Labute approximate surface area is 440 Å². The summed E-state index contributed by atoms with van der Waals surface area (Å²) in [6, 6.07) is 0. The van der Waals surface area contributed by atoms with Crippen LogP contribution in [0.5, 0.6) is 0 Å². The van der Waals surface area contributed by atoms with Gasteiger partial charge in [0.05, 0.1) is 0 Å². The van der Waals surface area contributed by atoms with Crippen molar-refractivity contribution in [2.75, 3.05) is 13.2 Å². The Morgan fingerprint density at radius 2 is 0.549 bits per heavy atom. The molecule has 0 radical (unpaired) electrons. The average molecular weight is 994 g/mol. The summed E-state index contributed by atoms with van der Waals surface area (Å²) in [4.78, 5) is 38.3. The molecule has 0 aliphatic heterocycles. The van der Waals surface area contributed by atoms with Crippen LogP contribution >= 0.6 is 0 Å². The third kappa shape index (κ3) is 57.9. The van der Waals surface area contributed by atoms with Crippen LogP contribution in [0.3, 0.4) is 0 Å². The van der Waals surface area contributed by atoms with Gasteiger partial charge in [-0.3, -0.25) is 14.4 Å². The summed E-state index contributed by atoms with van der Waals surface area (Å²) in [5.74, 6) is -0.876. The van der Waals surface area contributed by atoms with Gasteiger partial charge in [-0.1, -0.05) is 274 Å². The van der Waals surface area contributed by atoms with Gasteiger partial charge in [0.25, 0.3) is 0 Å². The SMILES string of the molecule is CC/C=C\C/C=C\C/C=C\C/C=C\CCCCCCCCC(=O)OCC(COC(=O)CCCCCCCCCCCCCCCCC)OC(=O)CCCCCCCCCCC/C=C\CCCCCCCC. The molecule has 0 fully saturated rings. The van der Waals surface area contributed by atoms with E-state index in [0.29, 0.717) is 19.3 Å². The highest BCUT2D eigenvalue weighted by Crippen LogP contribution is 2.17. The van der Waals surface area contributed by atoms with Crippen molar-refractivity contribution < 1.29 is 28.6 Å². The molecule has 0 amide bonds. The van der Waals surface area contributed by atoms with E-state index < -0.39 is 6.10 Å². The molecule has 0 spiro atoms. The van der Waals surface area contributed by atoms with E-state index in [1.165, 1.54) is 186 Å². The molecule has 0 aromatic heterocycles. The molecule has 0 aromatic carbocycles. The zero-order valence-electron chi connectivity index (χ0n) is 47.2. The van der Waals surface area contributed by atoms with Gasteiger partial charge in [-0.2, -0.15) is 0 Å². The van der Waals surface area contributed by atoms with Gasteiger partial charge in [0, 0.05) is 19.3 Å². The fourth-order valence-corrected chi connectivity index (χ4v) is 8.90. The summed E-state index contributed by atoms with van der Waals surface area (Å²) in [5.41, 5.74) is 0. The Kier molecular flexibility index (Phi) is 57.2. The number of carbonyl (C=O) groups excluding carboxylic acids is 3. The smallest absolute Gasteiger partial charge is 0.306 e. The minimum Gasteiger partial charge on any atom is -0.462 e. The number of allylic oxidation sites excluding steroid dienone is 10. The van der Waals surface area contributed by atoms with E-state index in [1.807, 2.05) is 0 Å². The highest BCUT2D eigenvalue weighted by molar-refractivity contribution is 5.71. The van der Waals surface area contributed by atoms with Crippen LogP contribution in [0.1, 0.15) is 316 Å². The molecule has 0 rings (SSSR count). The van der Waals surface area contributed by atoms with Crippen LogP contribution in [0.25, 0.3) is 0 Å². The summed E-state index contributed by atoms with van der Waals surface area (Å²) in [5, 5.41) is 0. The first-order valence-electron chi connectivity index (χ1n) is 30.8. The molecule has 6 nitrogen and oxygen atoms in total. The molecule has 1 atom stereocenters. The van der Waals surface area contributed by atoms with Crippen LogP contribution in [0.4, 0.5) is 0 Å². The molecule has 0 bridgehead atoms. The monoisotopic (exact) mass is 993 g/mol. The minimum atomic E-state index is -0.780. The molecular formula is C65H116O6. The Bertz CT molecular complexity index is 1280. The number of carbonyl (C=O) groups is 3. The van der Waals surface area contributed by atoms with Crippen LogP contribution in [-0.2, 0) is 28.6 Å². The molecule has 71 heavy (non-hydrogen) atoms. The second kappa shape index (κ2) is 59.7. The number of hydrogen-bond acceptors (Lipinski definition) is 6. The van der Waals surface area contributed by atoms with Crippen molar-refractivity contribution in [2.45, 2.75) is 322 Å². The average Bonchev–Trinajstić information content (AvgIpc) is 3.37. The molecule has 0 saturated carbocycles. The number of ether oxygens (including phenoxy) is 3. The molecular weight excluding hydrogens is 877 g/mol. The van der Waals surface area contributed by atoms with Gasteiger partial charge >= 0.3 is 17.9 Å². The van der Waals surface area contributed by atoms with Gasteiger partial charge in [-0.25, -0.2) is 0 Å². The van der Waals surface area contributed by atoms with Crippen molar-refractivity contribution in [1.82, 2.24) is 0 Å².